The molecule has 0 bridgehead atoms. The van der Waals surface area contributed by atoms with E-state index in [1.165, 1.54) is 4.59 Å². The average molecular weight is 209 g/mol. The van der Waals surface area contributed by atoms with Gasteiger partial charge in [0.2, 0.25) is 0 Å². The molecule has 0 atom stereocenters. The van der Waals surface area contributed by atoms with Crippen LogP contribution in [0.5, 0.6) is 0 Å². The summed E-state index contributed by atoms with van der Waals surface area (Å²) in [6, 6.07) is 0. The van der Waals surface area contributed by atoms with Gasteiger partial charge in [-0.25, -0.2) is 24.3 Å². The summed E-state index contributed by atoms with van der Waals surface area (Å²) >= 11 is 1.66. The van der Waals surface area contributed by atoms with Crippen molar-refractivity contribution in [3.8, 4) is 0 Å². The van der Waals surface area contributed by atoms with Crippen molar-refractivity contribution in [2.45, 2.75) is 12.8 Å². The van der Waals surface area contributed by atoms with Crippen molar-refractivity contribution in [3.05, 3.63) is 48.6 Å². The van der Waals surface area contributed by atoms with Crippen LogP contribution in [0.3, 0.4) is 0 Å². The Kier molecular flexibility index (Phi) is 10.4. The van der Waals surface area contributed by atoms with Crippen LogP contribution in [0.1, 0.15) is 12.8 Å². The van der Waals surface area contributed by atoms with Crippen LogP contribution in [-0.2, 0) is 21.8 Å². The molecule has 0 aromatic carbocycles. The molecule has 0 N–H and O–H groups in total. The van der Waals surface area contributed by atoms with Gasteiger partial charge in [-0.3, -0.25) is 12.2 Å². The van der Waals surface area contributed by atoms with Gasteiger partial charge < -0.3 is 0 Å². The van der Waals surface area contributed by atoms with Crippen LogP contribution < -0.4 is 0 Å². The molecule has 2 rings (SSSR count). The summed E-state index contributed by atoms with van der Waals surface area (Å²) in [5, 5.41) is 0. The Balaban J connectivity index is 0.000000174. The maximum absolute atomic E-state index is 8.65. The second-order valence-corrected chi connectivity index (χ2v) is 2.38. The van der Waals surface area contributed by atoms with Gasteiger partial charge in [-0.2, -0.15) is 12.2 Å². The van der Waals surface area contributed by atoms with E-state index in [0.717, 1.165) is 12.8 Å². The normalized spacial score (nSPS) is 14.3. The van der Waals surface area contributed by atoms with E-state index in [1.54, 1.807) is 17.0 Å². The molecule has 0 saturated heterocycles. The van der Waals surface area contributed by atoms with E-state index in [9.17, 15) is 0 Å². The Morgan fingerprint density at radius 1 is 1.08 bits per heavy atom. The SMILES string of the molecule is O=[C]=[V+2].[C-]1=CC=CC1.[C-]1=CC=CC1. The molecule has 2 heteroatoms. The van der Waals surface area contributed by atoms with Gasteiger partial charge in [-0.1, -0.05) is 0 Å². The number of allylic oxidation sites excluding steroid dienone is 8. The van der Waals surface area contributed by atoms with E-state index in [1.807, 2.05) is 24.3 Å². The molecule has 0 unspecified atom stereocenters. The molecule has 2 aliphatic carbocycles. The first-order valence-electron chi connectivity index (χ1n) is 3.86. The summed E-state index contributed by atoms with van der Waals surface area (Å²) in [6.07, 6.45) is 20.0. The van der Waals surface area contributed by atoms with Gasteiger partial charge in [-0.05, 0) is 0 Å². The molecular formula is C11H10OV. The summed E-state index contributed by atoms with van der Waals surface area (Å²) in [4.78, 5) is 8.65. The van der Waals surface area contributed by atoms with Crippen LogP contribution in [0.4, 0.5) is 0 Å². The van der Waals surface area contributed by atoms with Crippen molar-refractivity contribution in [1.82, 2.24) is 0 Å². The predicted molar refractivity (Wildman–Crippen MR) is 48.8 cm³/mol. The van der Waals surface area contributed by atoms with E-state index < -0.39 is 0 Å². The monoisotopic (exact) mass is 209 g/mol. The molecule has 1 nitrogen and oxygen atoms in total. The van der Waals surface area contributed by atoms with Crippen molar-refractivity contribution in [2.24, 2.45) is 0 Å². The molecule has 2 aliphatic rings. The van der Waals surface area contributed by atoms with E-state index in [-0.39, 0.29) is 0 Å². The summed E-state index contributed by atoms with van der Waals surface area (Å²) in [5.41, 5.74) is 0. The molecule has 0 amide bonds. The Hall–Kier alpha value is -0.876. The molecule has 0 spiro atoms. The molecular weight excluding hydrogens is 199 g/mol. The Morgan fingerprint density at radius 3 is 1.54 bits per heavy atom. The fourth-order valence-electron chi connectivity index (χ4n) is 0.680. The molecule has 0 fully saturated rings. The van der Waals surface area contributed by atoms with Crippen molar-refractivity contribution < 1.29 is 21.8 Å². The van der Waals surface area contributed by atoms with Crippen molar-refractivity contribution in [3.63, 3.8) is 0 Å². The smallest absolute Gasteiger partial charge is 0.109 e. The molecule has 0 aromatic heterocycles. The third-order valence-corrected chi connectivity index (χ3v) is 1.17. The zero-order valence-electron chi connectivity index (χ0n) is 7.23. The van der Waals surface area contributed by atoms with Gasteiger partial charge in [0.1, 0.15) is 0 Å². The number of hydrogen-bond donors (Lipinski definition) is 0. The van der Waals surface area contributed by atoms with E-state index >= 15 is 0 Å². The predicted octanol–water partition coefficient (Wildman–Crippen LogP) is 2.21. The van der Waals surface area contributed by atoms with Crippen LogP contribution in [-0.4, -0.2) is 4.59 Å². The Bertz CT molecular complexity index is 211. The van der Waals surface area contributed by atoms with E-state index in [4.69, 9.17) is 4.79 Å². The summed E-state index contributed by atoms with van der Waals surface area (Å²) < 4.78 is 1.44. The molecule has 0 aromatic rings. The van der Waals surface area contributed by atoms with Crippen molar-refractivity contribution in [2.75, 3.05) is 0 Å². The first-order valence-corrected chi connectivity index (χ1v) is 4.56. The molecule has 13 heavy (non-hydrogen) atoms. The fraction of sp³-hybridized carbons (Fsp3) is 0.182. The zero-order valence-corrected chi connectivity index (χ0v) is 8.63. The minimum Gasteiger partial charge on any atom is -0.273 e. The number of hydrogen-bond acceptors (Lipinski definition) is 1. The van der Waals surface area contributed by atoms with E-state index in [2.05, 4.69) is 24.3 Å². The fourth-order valence-corrected chi connectivity index (χ4v) is 0.680. The third-order valence-electron chi connectivity index (χ3n) is 1.17. The van der Waals surface area contributed by atoms with E-state index in [0.29, 0.717) is 0 Å². The summed E-state index contributed by atoms with van der Waals surface area (Å²) in [7, 11) is 0. The van der Waals surface area contributed by atoms with Gasteiger partial charge in [0.05, 0.1) is 0 Å². The molecule has 65 valence electrons. The Morgan fingerprint density at radius 2 is 1.46 bits per heavy atom. The largest absolute Gasteiger partial charge is 0.273 e. The maximum atomic E-state index is 8.65. The van der Waals surface area contributed by atoms with Crippen molar-refractivity contribution in [1.29, 1.82) is 0 Å². The standard InChI is InChI=1S/2C5H5.CO.V/c2*1-2-4-5-3-1;1-2;/h2*1-3H,4H2;;/q2*-1;;+2. The van der Waals surface area contributed by atoms with Crippen molar-refractivity contribution >= 4 is 4.59 Å². The van der Waals surface area contributed by atoms with Gasteiger partial charge in [0.15, 0.2) is 0 Å². The van der Waals surface area contributed by atoms with Gasteiger partial charge in [-0.15, -0.1) is 12.8 Å². The summed E-state index contributed by atoms with van der Waals surface area (Å²) in [5.74, 6) is 0. The van der Waals surface area contributed by atoms with Crippen LogP contribution in [0.2, 0.25) is 0 Å². The van der Waals surface area contributed by atoms with Crippen LogP contribution >= 0.6 is 0 Å². The molecule has 0 heterocycles. The molecule has 0 aliphatic heterocycles. The zero-order chi connectivity index (χ0) is 9.78. The topological polar surface area (TPSA) is 17.1 Å². The molecule has 0 saturated carbocycles. The van der Waals surface area contributed by atoms with Gasteiger partial charge >= 0.3 is 26.4 Å². The van der Waals surface area contributed by atoms with Gasteiger partial charge in [0, 0.05) is 0 Å². The number of carbonyl (C=O) groups excluding carboxylic acids is 1. The maximum Gasteiger partial charge on any atom is -0.109 e. The first kappa shape index (κ1) is 12.1. The Labute approximate surface area is 88.0 Å². The van der Waals surface area contributed by atoms with Crippen LogP contribution in [0.15, 0.2) is 36.5 Å². The van der Waals surface area contributed by atoms with Crippen LogP contribution in [0.25, 0.3) is 0 Å². The van der Waals surface area contributed by atoms with Gasteiger partial charge in [0.25, 0.3) is 0 Å². The second kappa shape index (κ2) is 11.1. The second-order valence-electron chi connectivity index (χ2n) is 2.10. The van der Waals surface area contributed by atoms with Crippen LogP contribution in [0, 0.1) is 12.2 Å². The minimum absolute atomic E-state index is 1.01. The average Bonchev–Trinajstić information content (AvgIpc) is 2.85. The minimum atomic E-state index is 1.01. The first-order chi connectivity index (χ1) is 6.41. The third kappa shape index (κ3) is 11.1. The molecule has 0 radical (unpaired) electrons. The summed E-state index contributed by atoms with van der Waals surface area (Å²) in [6.45, 7) is 0. The number of rotatable bonds is 0. The quantitative estimate of drug-likeness (QED) is 0.559.